The molecule has 1 amide bonds. The highest BCUT2D eigenvalue weighted by Gasteiger charge is 2.03. The zero-order valence-electron chi connectivity index (χ0n) is 11.4. The molecule has 1 N–H and O–H groups in total. The van der Waals surface area contributed by atoms with E-state index in [-0.39, 0.29) is 5.91 Å². The Bertz CT molecular complexity index is 193. The molecule has 0 unspecified atom stereocenters. The molecule has 0 fully saturated rings. The quantitative estimate of drug-likeness (QED) is 0.625. The molecule has 0 aromatic carbocycles. The second-order valence-corrected chi connectivity index (χ2v) is 4.72. The molecule has 96 valence electrons. The van der Waals surface area contributed by atoms with Gasteiger partial charge < -0.3 is 15.1 Å². The summed E-state index contributed by atoms with van der Waals surface area (Å²) in [6.07, 6.45) is 1.56. The van der Waals surface area contributed by atoms with Crippen LogP contribution in [0.15, 0.2) is 0 Å². The molecule has 0 saturated carbocycles. The average molecular weight is 229 g/mol. The first kappa shape index (κ1) is 15.4. The van der Waals surface area contributed by atoms with E-state index >= 15 is 0 Å². The number of carbonyl (C=O) groups excluding carboxylic acids is 1. The minimum absolute atomic E-state index is 0.209. The zero-order valence-corrected chi connectivity index (χ0v) is 11.4. The molecule has 0 aliphatic rings. The third-order valence-electron chi connectivity index (χ3n) is 2.77. The van der Waals surface area contributed by atoms with Gasteiger partial charge in [0.1, 0.15) is 0 Å². The third kappa shape index (κ3) is 7.65. The van der Waals surface area contributed by atoms with Crippen molar-refractivity contribution in [3.05, 3.63) is 0 Å². The van der Waals surface area contributed by atoms with Gasteiger partial charge in [0.25, 0.3) is 0 Å². The molecule has 4 nitrogen and oxygen atoms in total. The summed E-state index contributed by atoms with van der Waals surface area (Å²) >= 11 is 0. The van der Waals surface area contributed by atoms with Crippen LogP contribution in [-0.2, 0) is 4.79 Å². The Morgan fingerprint density at radius 2 is 1.81 bits per heavy atom. The Balaban J connectivity index is 3.31. The Morgan fingerprint density at radius 1 is 1.19 bits per heavy atom. The lowest BCUT2D eigenvalue weighted by molar-refractivity contribution is -0.128. The summed E-state index contributed by atoms with van der Waals surface area (Å²) in [5.74, 6) is 0.209. The number of nitrogens with zero attached hydrogens (tertiary/aromatic N) is 2. The number of hydrogen-bond acceptors (Lipinski definition) is 3. The van der Waals surface area contributed by atoms with E-state index in [4.69, 9.17) is 0 Å². The van der Waals surface area contributed by atoms with Crippen molar-refractivity contribution in [1.82, 2.24) is 15.1 Å². The number of rotatable bonds is 8. The maximum absolute atomic E-state index is 11.3. The highest BCUT2D eigenvalue weighted by atomic mass is 16.2. The molecule has 0 aromatic heterocycles. The van der Waals surface area contributed by atoms with E-state index in [2.05, 4.69) is 31.1 Å². The number of nitrogens with one attached hydrogen (secondary N) is 1. The van der Waals surface area contributed by atoms with Gasteiger partial charge in [-0.1, -0.05) is 0 Å². The molecule has 4 heteroatoms. The third-order valence-corrected chi connectivity index (χ3v) is 2.77. The lowest BCUT2D eigenvalue weighted by atomic mass is 10.3. The summed E-state index contributed by atoms with van der Waals surface area (Å²) in [6, 6.07) is 0.595. The van der Waals surface area contributed by atoms with Crippen molar-refractivity contribution in [1.29, 1.82) is 0 Å². The SMILES string of the molecule is CC(C)N(C)CCNCCCC(=O)N(C)C. The fourth-order valence-electron chi connectivity index (χ4n) is 1.23. The Hall–Kier alpha value is -0.610. The molecule has 0 bridgehead atoms. The fraction of sp³-hybridized carbons (Fsp3) is 0.917. The lowest BCUT2D eigenvalue weighted by Crippen LogP contribution is -2.34. The van der Waals surface area contributed by atoms with Crippen LogP contribution in [0, 0.1) is 0 Å². The van der Waals surface area contributed by atoms with Crippen LogP contribution >= 0.6 is 0 Å². The standard InChI is InChI=1S/C12H27N3O/c1-11(2)15(5)10-9-13-8-6-7-12(16)14(3)4/h11,13H,6-10H2,1-5H3. The normalized spacial score (nSPS) is 11.2. The number of likely N-dealkylation sites (N-methyl/N-ethyl adjacent to an activating group) is 1. The monoisotopic (exact) mass is 229 g/mol. The van der Waals surface area contributed by atoms with Crippen LogP contribution < -0.4 is 5.32 Å². The minimum Gasteiger partial charge on any atom is -0.349 e. The predicted molar refractivity (Wildman–Crippen MR) is 68.6 cm³/mol. The van der Waals surface area contributed by atoms with Gasteiger partial charge in [0, 0.05) is 39.6 Å². The highest BCUT2D eigenvalue weighted by Crippen LogP contribution is 1.93. The van der Waals surface area contributed by atoms with Crippen molar-refractivity contribution in [3.8, 4) is 0 Å². The van der Waals surface area contributed by atoms with Gasteiger partial charge in [0.15, 0.2) is 0 Å². The second-order valence-electron chi connectivity index (χ2n) is 4.72. The van der Waals surface area contributed by atoms with Crippen molar-refractivity contribution in [2.45, 2.75) is 32.7 Å². The van der Waals surface area contributed by atoms with Crippen LogP contribution in [0.2, 0.25) is 0 Å². The van der Waals surface area contributed by atoms with Gasteiger partial charge >= 0.3 is 0 Å². The molecule has 0 atom stereocenters. The van der Waals surface area contributed by atoms with Crippen LogP contribution in [0.1, 0.15) is 26.7 Å². The molecule has 0 aromatic rings. The van der Waals surface area contributed by atoms with Crippen molar-refractivity contribution < 1.29 is 4.79 Å². The summed E-state index contributed by atoms with van der Waals surface area (Å²) in [6.45, 7) is 7.35. The van der Waals surface area contributed by atoms with Crippen molar-refractivity contribution in [2.75, 3.05) is 40.8 Å². The predicted octanol–water partition coefficient (Wildman–Crippen LogP) is 0.785. The number of hydrogen-bond donors (Lipinski definition) is 1. The van der Waals surface area contributed by atoms with Crippen molar-refractivity contribution in [2.24, 2.45) is 0 Å². The molecule has 0 saturated heterocycles. The maximum atomic E-state index is 11.3. The van der Waals surface area contributed by atoms with Gasteiger partial charge in [-0.2, -0.15) is 0 Å². The maximum Gasteiger partial charge on any atom is 0.222 e. The van der Waals surface area contributed by atoms with Crippen LogP contribution in [0.25, 0.3) is 0 Å². The molecule has 0 heterocycles. The molecule has 16 heavy (non-hydrogen) atoms. The highest BCUT2D eigenvalue weighted by molar-refractivity contribution is 5.75. The van der Waals surface area contributed by atoms with E-state index in [1.165, 1.54) is 0 Å². The summed E-state index contributed by atoms with van der Waals surface area (Å²) in [4.78, 5) is 15.2. The van der Waals surface area contributed by atoms with E-state index in [1.807, 2.05) is 0 Å². The first-order valence-corrected chi connectivity index (χ1v) is 6.06. The van der Waals surface area contributed by atoms with E-state index in [9.17, 15) is 4.79 Å². The molecule has 0 aliphatic carbocycles. The smallest absolute Gasteiger partial charge is 0.222 e. The van der Waals surface area contributed by atoms with Crippen LogP contribution in [-0.4, -0.2) is 62.5 Å². The summed E-state index contributed by atoms with van der Waals surface area (Å²) in [5.41, 5.74) is 0. The van der Waals surface area contributed by atoms with Crippen LogP contribution in [0.4, 0.5) is 0 Å². The minimum atomic E-state index is 0.209. The molecular weight excluding hydrogens is 202 g/mol. The lowest BCUT2D eigenvalue weighted by Gasteiger charge is -2.20. The first-order valence-electron chi connectivity index (χ1n) is 6.06. The average Bonchev–Trinajstić information content (AvgIpc) is 2.21. The first-order chi connectivity index (χ1) is 7.45. The largest absolute Gasteiger partial charge is 0.349 e. The Kier molecular flexibility index (Phi) is 8.21. The van der Waals surface area contributed by atoms with E-state index < -0.39 is 0 Å². The molecule has 0 spiro atoms. The van der Waals surface area contributed by atoms with Gasteiger partial charge in [0.2, 0.25) is 5.91 Å². The Morgan fingerprint density at radius 3 is 2.31 bits per heavy atom. The summed E-state index contributed by atoms with van der Waals surface area (Å²) < 4.78 is 0. The van der Waals surface area contributed by atoms with Gasteiger partial charge in [0.05, 0.1) is 0 Å². The van der Waals surface area contributed by atoms with Gasteiger partial charge in [-0.05, 0) is 33.9 Å². The van der Waals surface area contributed by atoms with Crippen molar-refractivity contribution >= 4 is 5.91 Å². The van der Waals surface area contributed by atoms with Gasteiger partial charge in [-0.3, -0.25) is 4.79 Å². The summed E-state index contributed by atoms with van der Waals surface area (Å²) in [7, 11) is 5.72. The number of amides is 1. The molecule has 0 aliphatic heterocycles. The number of carbonyl (C=O) groups is 1. The second kappa shape index (κ2) is 8.53. The van der Waals surface area contributed by atoms with Gasteiger partial charge in [-0.15, -0.1) is 0 Å². The fourth-order valence-corrected chi connectivity index (χ4v) is 1.23. The molecular formula is C12H27N3O. The topological polar surface area (TPSA) is 35.6 Å². The molecule has 0 radical (unpaired) electrons. The van der Waals surface area contributed by atoms with Crippen molar-refractivity contribution in [3.63, 3.8) is 0 Å². The van der Waals surface area contributed by atoms with E-state index in [0.717, 1.165) is 26.1 Å². The van der Waals surface area contributed by atoms with Crippen LogP contribution in [0.5, 0.6) is 0 Å². The zero-order chi connectivity index (χ0) is 12.6. The molecule has 0 rings (SSSR count). The Labute approximate surface area is 100.0 Å². The summed E-state index contributed by atoms with van der Waals surface area (Å²) in [5, 5.41) is 3.35. The van der Waals surface area contributed by atoms with E-state index in [0.29, 0.717) is 12.5 Å². The van der Waals surface area contributed by atoms with Gasteiger partial charge in [-0.25, -0.2) is 0 Å². The van der Waals surface area contributed by atoms with E-state index in [1.54, 1.807) is 19.0 Å². The van der Waals surface area contributed by atoms with Crippen LogP contribution in [0.3, 0.4) is 0 Å².